The molecule has 0 saturated carbocycles. The summed E-state index contributed by atoms with van der Waals surface area (Å²) in [6, 6.07) is 8.13. The van der Waals surface area contributed by atoms with E-state index in [9.17, 15) is 5.11 Å². The zero-order valence-corrected chi connectivity index (χ0v) is 12.2. The van der Waals surface area contributed by atoms with Crippen LogP contribution < -0.4 is 0 Å². The lowest BCUT2D eigenvalue weighted by atomic mass is 10.1. The summed E-state index contributed by atoms with van der Waals surface area (Å²) in [5, 5.41) is 9.87. The molecular formula is C13H19BrOS. The summed E-state index contributed by atoms with van der Waals surface area (Å²) in [6.45, 7) is 4.40. The number of aliphatic hydroxyl groups is 1. The van der Waals surface area contributed by atoms with Gasteiger partial charge in [-0.15, -0.1) is 0 Å². The van der Waals surface area contributed by atoms with Crippen LogP contribution in [0, 0.1) is 5.92 Å². The van der Waals surface area contributed by atoms with Gasteiger partial charge in [0.2, 0.25) is 0 Å². The van der Waals surface area contributed by atoms with Gasteiger partial charge in [-0.05, 0) is 35.8 Å². The fourth-order valence-electron chi connectivity index (χ4n) is 1.43. The Bertz CT molecular complexity index is 315. The lowest BCUT2D eigenvalue weighted by Crippen LogP contribution is -2.14. The minimum Gasteiger partial charge on any atom is -0.392 e. The zero-order chi connectivity index (χ0) is 12.0. The molecule has 0 aliphatic heterocycles. The molecule has 1 aromatic rings. The predicted molar refractivity (Wildman–Crippen MR) is 76.0 cm³/mol. The van der Waals surface area contributed by atoms with Crippen LogP contribution >= 0.6 is 27.7 Å². The lowest BCUT2D eigenvalue weighted by Gasteiger charge is -2.11. The van der Waals surface area contributed by atoms with E-state index < -0.39 is 0 Å². The monoisotopic (exact) mass is 302 g/mol. The fraction of sp³-hybridized carbons (Fsp3) is 0.538. The first-order valence-electron chi connectivity index (χ1n) is 5.58. The molecule has 0 radical (unpaired) electrons. The Labute approximate surface area is 111 Å². The van der Waals surface area contributed by atoms with Gasteiger partial charge in [0, 0.05) is 10.2 Å². The average Bonchev–Trinajstić information content (AvgIpc) is 2.16. The molecule has 1 aromatic carbocycles. The third-order valence-electron chi connectivity index (χ3n) is 2.12. The van der Waals surface area contributed by atoms with Crippen molar-refractivity contribution in [1.82, 2.24) is 0 Å². The predicted octanol–water partition coefficient (Wildman–Crippen LogP) is 3.74. The van der Waals surface area contributed by atoms with Crippen LogP contribution in [-0.2, 0) is 6.42 Å². The van der Waals surface area contributed by atoms with Crippen LogP contribution in [0.2, 0.25) is 0 Å². The van der Waals surface area contributed by atoms with Gasteiger partial charge in [0.05, 0.1) is 6.10 Å². The van der Waals surface area contributed by atoms with E-state index >= 15 is 0 Å². The maximum absolute atomic E-state index is 9.87. The van der Waals surface area contributed by atoms with E-state index in [4.69, 9.17) is 0 Å². The number of halogens is 1. The van der Waals surface area contributed by atoms with Crippen molar-refractivity contribution < 1.29 is 5.11 Å². The number of hydrogen-bond acceptors (Lipinski definition) is 2. The summed E-state index contributed by atoms with van der Waals surface area (Å²) in [5.41, 5.74) is 1.19. The van der Waals surface area contributed by atoms with E-state index in [1.165, 1.54) is 5.56 Å². The molecule has 1 N–H and O–H groups in total. The molecular weight excluding hydrogens is 284 g/mol. The number of aliphatic hydroxyl groups excluding tert-OH is 1. The summed E-state index contributed by atoms with van der Waals surface area (Å²) in [7, 11) is 0. The SMILES string of the molecule is CC(C)CSCC(O)Cc1cccc(Br)c1. The van der Waals surface area contributed by atoms with E-state index in [-0.39, 0.29) is 6.10 Å². The smallest absolute Gasteiger partial charge is 0.0670 e. The summed E-state index contributed by atoms with van der Waals surface area (Å²) in [5.74, 6) is 2.64. The van der Waals surface area contributed by atoms with Gasteiger partial charge < -0.3 is 5.11 Å². The third-order valence-corrected chi connectivity index (χ3v) is 4.14. The second-order valence-electron chi connectivity index (χ2n) is 4.42. The lowest BCUT2D eigenvalue weighted by molar-refractivity contribution is 0.200. The van der Waals surface area contributed by atoms with Crippen molar-refractivity contribution >= 4 is 27.7 Å². The van der Waals surface area contributed by atoms with Gasteiger partial charge in [-0.3, -0.25) is 0 Å². The van der Waals surface area contributed by atoms with E-state index in [0.29, 0.717) is 5.92 Å². The highest BCUT2D eigenvalue weighted by molar-refractivity contribution is 9.10. The molecule has 1 rings (SSSR count). The van der Waals surface area contributed by atoms with Crippen LogP contribution in [0.1, 0.15) is 19.4 Å². The van der Waals surface area contributed by atoms with Crippen molar-refractivity contribution in [3.63, 3.8) is 0 Å². The van der Waals surface area contributed by atoms with E-state index in [0.717, 1.165) is 22.4 Å². The van der Waals surface area contributed by atoms with Gasteiger partial charge in [0.25, 0.3) is 0 Å². The first kappa shape index (κ1) is 14.1. The molecule has 0 aromatic heterocycles. The Kier molecular flexibility index (Phi) is 6.47. The fourth-order valence-corrected chi connectivity index (χ4v) is 2.88. The van der Waals surface area contributed by atoms with Gasteiger partial charge in [0.15, 0.2) is 0 Å². The van der Waals surface area contributed by atoms with Gasteiger partial charge in [-0.2, -0.15) is 11.8 Å². The second-order valence-corrected chi connectivity index (χ2v) is 6.41. The number of hydrogen-bond donors (Lipinski definition) is 1. The van der Waals surface area contributed by atoms with Gasteiger partial charge in [-0.1, -0.05) is 41.9 Å². The van der Waals surface area contributed by atoms with Crippen LogP contribution in [0.25, 0.3) is 0 Å². The van der Waals surface area contributed by atoms with E-state index in [1.807, 2.05) is 23.9 Å². The molecule has 0 fully saturated rings. The number of benzene rings is 1. The normalized spacial score (nSPS) is 13.1. The van der Waals surface area contributed by atoms with Crippen molar-refractivity contribution in [1.29, 1.82) is 0 Å². The average molecular weight is 303 g/mol. The van der Waals surface area contributed by atoms with Crippen molar-refractivity contribution in [3.05, 3.63) is 34.3 Å². The Morgan fingerprint density at radius 1 is 1.31 bits per heavy atom. The van der Waals surface area contributed by atoms with Crippen molar-refractivity contribution in [2.45, 2.75) is 26.4 Å². The topological polar surface area (TPSA) is 20.2 Å². The van der Waals surface area contributed by atoms with Crippen LogP contribution in [-0.4, -0.2) is 22.7 Å². The highest BCUT2D eigenvalue weighted by atomic mass is 79.9. The zero-order valence-electron chi connectivity index (χ0n) is 9.82. The van der Waals surface area contributed by atoms with Crippen LogP contribution in [0.15, 0.2) is 28.7 Å². The molecule has 0 saturated heterocycles. The first-order valence-corrected chi connectivity index (χ1v) is 7.53. The van der Waals surface area contributed by atoms with Gasteiger partial charge in [-0.25, -0.2) is 0 Å². The highest BCUT2D eigenvalue weighted by Crippen LogP contribution is 2.15. The molecule has 1 atom stereocenters. The largest absolute Gasteiger partial charge is 0.392 e. The Hall–Kier alpha value is 0.01000. The maximum Gasteiger partial charge on any atom is 0.0670 e. The van der Waals surface area contributed by atoms with Crippen molar-refractivity contribution in [3.8, 4) is 0 Å². The summed E-state index contributed by atoms with van der Waals surface area (Å²) < 4.78 is 1.08. The number of rotatable bonds is 6. The van der Waals surface area contributed by atoms with E-state index in [2.05, 4.69) is 41.9 Å². The van der Waals surface area contributed by atoms with Crippen molar-refractivity contribution in [2.24, 2.45) is 5.92 Å². The standard InChI is InChI=1S/C13H19BrOS/c1-10(2)8-16-9-13(15)7-11-4-3-5-12(14)6-11/h3-6,10,13,15H,7-9H2,1-2H3. The molecule has 0 amide bonds. The molecule has 0 bridgehead atoms. The minimum atomic E-state index is -0.238. The van der Waals surface area contributed by atoms with Gasteiger partial charge >= 0.3 is 0 Å². The minimum absolute atomic E-state index is 0.238. The molecule has 90 valence electrons. The van der Waals surface area contributed by atoms with Crippen LogP contribution in [0.3, 0.4) is 0 Å². The number of thioether (sulfide) groups is 1. The summed E-state index contributed by atoms with van der Waals surface area (Å²) in [4.78, 5) is 0. The molecule has 1 unspecified atom stereocenters. The van der Waals surface area contributed by atoms with Crippen LogP contribution in [0.4, 0.5) is 0 Å². The summed E-state index contributed by atoms with van der Waals surface area (Å²) in [6.07, 6.45) is 0.503. The molecule has 1 nitrogen and oxygen atoms in total. The molecule has 0 aliphatic rings. The van der Waals surface area contributed by atoms with Crippen LogP contribution in [0.5, 0.6) is 0 Å². The Morgan fingerprint density at radius 2 is 2.06 bits per heavy atom. The molecule has 0 aliphatic carbocycles. The molecule has 0 heterocycles. The Morgan fingerprint density at radius 3 is 2.69 bits per heavy atom. The molecule has 16 heavy (non-hydrogen) atoms. The Balaban J connectivity index is 2.31. The van der Waals surface area contributed by atoms with Crippen molar-refractivity contribution in [2.75, 3.05) is 11.5 Å². The quantitative estimate of drug-likeness (QED) is 0.864. The first-order chi connectivity index (χ1) is 7.58. The van der Waals surface area contributed by atoms with Gasteiger partial charge in [0.1, 0.15) is 0 Å². The molecule has 3 heteroatoms. The maximum atomic E-state index is 9.87. The highest BCUT2D eigenvalue weighted by Gasteiger charge is 2.06. The summed E-state index contributed by atoms with van der Waals surface area (Å²) >= 11 is 5.27. The second kappa shape index (κ2) is 7.36. The third kappa shape index (κ3) is 5.92. The van der Waals surface area contributed by atoms with E-state index in [1.54, 1.807) is 0 Å². The molecule has 0 spiro atoms.